The Morgan fingerprint density at radius 3 is 2.48 bits per heavy atom. The van der Waals surface area contributed by atoms with E-state index in [1.165, 1.54) is 5.56 Å². The lowest BCUT2D eigenvalue weighted by atomic mass is 9.76. The second-order valence-corrected chi connectivity index (χ2v) is 10.6. The highest BCUT2D eigenvalue weighted by molar-refractivity contribution is 5.99. The highest BCUT2D eigenvalue weighted by atomic mass is 16.5. The van der Waals surface area contributed by atoms with Gasteiger partial charge in [0.25, 0.3) is 5.91 Å². The van der Waals surface area contributed by atoms with Crippen LogP contribution in [0.5, 0.6) is 0 Å². The van der Waals surface area contributed by atoms with Crippen molar-refractivity contribution >= 4 is 11.7 Å². The third kappa shape index (κ3) is 4.37. The van der Waals surface area contributed by atoms with Gasteiger partial charge in [0, 0.05) is 41.8 Å². The molecule has 0 bridgehead atoms. The summed E-state index contributed by atoms with van der Waals surface area (Å²) in [6.45, 7) is 8.29. The molecular formula is C26H34N4O3. The Hall–Kier alpha value is -2.48. The van der Waals surface area contributed by atoms with Crippen molar-refractivity contribution in [1.29, 1.82) is 0 Å². The van der Waals surface area contributed by atoms with Crippen LogP contribution in [0, 0.1) is 5.41 Å². The number of hydrogen-bond donors (Lipinski definition) is 3. The normalized spacial score (nSPS) is 27.4. The summed E-state index contributed by atoms with van der Waals surface area (Å²) >= 11 is 0. The number of aromatic nitrogens is 1. The van der Waals surface area contributed by atoms with E-state index in [2.05, 4.69) is 46.4 Å². The molecule has 176 valence electrons. The number of carbonyl (C=O) groups is 1. The molecule has 1 saturated carbocycles. The first-order valence-corrected chi connectivity index (χ1v) is 11.9. The third-order valence-corrected chi connectivity index (χ3v) is 7.80. The summed E-state index contributed by atoms with van der Waals surface area (Å²) in [5.74, 6) is 0.0188. The molecule has 3 fully saturated rings. The van der Waals surface area contributed by atoms with Crippen molar-refractivity contribution in [3.8, 4) is 11.1 Å². The van der Waals surface area contributed by atoms with Crippen LogP contribution in [0.15, 0.2) is 36.5 Å². The van der Waals surface area contributed by atoms with Crippen molar-refractivity contribution in [3.63, 3.8) is 0 Å². The molecule has 7 heteroatoms. The molecule has 7 nitrogen and oxygen atoms in total. The third-order valence-electron chi connectivity index (χ3n) is 7.80. The smallest absolute Gasteiger partial charge is 0.255 e. The Balaban J connectivity index is 1.28. The van der Waals surface area contributed by atoms with Crippen molar-refractivity contribution in [3.05, 3.63) is 47.7 Å². The fourth-order valence-electron chi connectivity index (χ4n) is 5.35. The van der Waals surface area contributed by atoms with Gasteiger partial charge in [-0.1, -0.05) is 24.3 Å². The zero-order valence-electron chi connectivity index (χ0n) is 19.5. The van der Waals surface area contributed by atoms with Gasteiger partial charge < -0.3 is 20.9 Å². The summed E-state index contributed by atoms with van der Waals surface area (Å²) in [6, 6.07) is 10.7. The standard InChI is InChI=1S/C26H34N4O3/c1-17(30-13-26(14-30)15-33-16-26)18-3-5-19(6-4-18)20-11-22(23(27)28-12-20)24(32)29-25(2)9-7-21(31)8-10-25/h3-6,11-12,17,21,31H,7-10,13-16H2,1-2H3,(H2,27,28)(H,29,32)/t17-,21?,25?/m1/s1. The number of nitrogen functional groups attached to an aromatic ring is 1. The van der Waals surface area contributed by atoms with Gasteiger partial charge in [-0.25, -0.2) is 4.98 Å². The minimum absolute atomic E-state index is 0.210. The minimum Gasteiger partial charge on any atom is -0.393 e. The number of amides is 1. The Kier molecular flexibility index (Phi) is 5.67. The molecule has 0 radical (unpaired) electrons. The first kappa shape index (κ1) is 22.3. The average Bonchev–Trinajstić information content (AvgIpc) is 2.74. The highest BCUT2D eigenvalue weighted by Crippen LogP contribution is 2.42. The fraction of sp³-hybridized carbons (Fsp3) is 0.538. The van der Waals surface area contributed by atoms with E-state index < -0.39 is 0 Å². The molecule has 2 aliphatic heterocycles. The number of nitrogens with zero attached hydrogens (tertiary/aromatic N) is 2. The van der Waals surface area contributed by atoms with Crippen molar-refractivity contribution in [2.24, 2.45) is 5.41 Å². The number of likely N-dealkylation sites (tertiary alicyclic amines) is 1. The van der Waals surface area contributed by atoms with Crippen LogP contribution in [0.25, 0.3) is 11.1 Å². The van der Waals surface area contributed by atoms with Crippen LogP contribution in [-0.4, -0.2) is 58.8 Å². The van der Waals surface area contributed by atoms with Gasteiger partial charge in [0.05, 0.1) is 24.9 Å². The number of rotatable bonds is 5. The zero-order valence-corrected chi connectivity index (χ0v) is 19.5. The Bertz CT molecular complexity index is 1020. The molecule has 1 atom stereocenters. The van der Waals surface area contributed by atoms with Crippen LogP contribution in [0.3, 0.4) is 0 Å². The lowest BCUT2D eigenvalue weighted by molar-refractivity contribution is -0.197. The van der Waals surface area contributed by atoms with E-state index in [0.29, 0.717) is 29.9 Å². The largest absolute Gasteiger partial charge is 0.393 e. The second kappa shape index (κ2) is 8.38. The van der Waals surface area contributed by atoms with E-state index in [4.69, 9.17) is 10.5 Å². The summed E-state index contributed by atoms with van der Waals surface area (Å²) in [4.78, 5) is 19.8. The van der Waals surface area contributed by atoms with Gasteiger partial charge >= 0.3 is 0 Å². The molecule has 2 aromatic rings. The molecule has 1 aliphatic carbocycles. The van der Waals surface area contributed by atoms with E-state index in [0.717, 1.165) is 50.3 Å². The van der Waals surface area contributed by atoms with Crippen LogP contribution < -0.4 is 11.1 Å². The van der Waals surface area contributed by atoms with Gasteiger partial charge in [-0.2, -0.15) is 0 Å². The molecule has 1 amide bonds. The number of nitrogens with two attached hydrogens (primary N) is 1. The highest BCUT2D eigenvalue weighted by Gasteiger charge is 2.50. The predicted octanol–water partition coefficient (Wildman–Crippen LogP) is 3.15. The first-order valence-electron chi connectivity index (χ1n) is 11.9. The number of carbonyl (C=O) groups excluding carboxylic acids is 1. The number of nitrogens with one attached hydrogen (secondary N) is 1. The summed E-state index contributed by atoms with van der Waals surface area (Å²) in [6.07, 6.45) is 4.34. The molecule has 1 aromatic heterocycles. The number of pyridine rings is 1. The van der Waals surface area contributed by atoms with Crippen LogP contribution in [-0.2, 0) is 4.74 Å². The molecule has 2 saturated heterocycles. The Morgan fingerprint density at radius 2 is 1.88 bits per heavy atom. The first-order chi connectivity index (χ1) is 15.8. The number of benzene rings is 1. The molecule has 0 unspecified atom stereocenters. The SMILES string of the molecule is C[C@H](c1ccc(-c2cnc(N)c(C(=O)NC3(C)CCC(O)CC3)c2)cc1)N1CC2(COC2)C1. The molecular weight excluding hydrogens is 416 g/mol. The summed E-state index contributed by atoms with van der Waals surface area (Å²) in [5.41, 5.74) is 9.69. The topological polar surface area (TPSA) is 101 Å². The van der Waals surface area contributed by atoms with Crippen LogP contribution >= 0.6 is 0 Å². The Labute approximate surface area is 195 Å². The van der Waals surface area contributed by atoms with Crippen LogP contribution in [0.2, 0.25) is 0 Å². The summed E-state index contributed by atoms with van der Waals surface area (Å²) < 4.78 is 5.39. The lowest BCUT2D eigenvalue weighted by Crippen LogP contribution is -2.66. The summed E-state index contributed by atoms with van der Waals surface area (Å²) in [7, 11) is 0. The maximum Gasteiger partial charge on any atom is 0.255 e. The molecule has 1 spiro atoms. The maximum atomic E-state index is 13.0. The fourth-order valence-corrected chi connectivity index (χ4v) is 5.35. The monoisotopic (exact) mass is 450 g/mol. The Morgan fingerprint density at radius 1 is 1.21 bits per heavy atom. The lowest BCUT2D eigenvalue weighted by Gasteiger charge is -2.57. The van der Waals surface area contributed by atoms with Gasteiger partial charge in [0.15, 0.2) is 0 Å². The van der Waals surface area contributed by atoms with E-state index in [9.17, 15) is 9.90 Å². The van der Waals surface area contributed by atoms with E-state index in [-0.39, 0.29) is 23.4 Å². The second-order valence-electron chi connectivity index (χ2n) is 10.6. The van der Waals surface area contributed by atoms with Crippen LogP contribution in [0.4, 0.5) is 5.82 Å². The van der Waals surface area contributed by atoms with Crippen molar-refractivity contribution in [2.45, 2.75) is 57.2 Å². The number of hydrogen-bond acceptors (Lipinski definition) is 6. The van der Waals surface area contributed by atoms with Gasteiger partial charge in [-0.05, 0) is 56.7 Å². The number of ether oxygens (including phenoxy) is 1. The maximum absolute atomic E-state index is 13.0. The van der Waals surface area contributed by atoms with Crippen molar-refractivity contribution in [2.75, 3.05) is 32.0 Å². The molecule has 1 aromatic carbocycles. The van der Waals surface area contributed by atoms with E-state index in [1.54, 1.807) is 6.20 Å². The number of anilines is 1. The van der Waals surface area contributed by atoms with Gasteiger partial charge in [0.1, 0.15) is 5.82 Å². The number of aliphatic hydroxyl groups excluding tert-OH is 1. The van der Waals surface area contributed by atoms with E-state index >= 15 is 0 Å². The molecule has 3 aliphatic rings. The molecule has 4 N–H and O–H groups in total. The van der Waals surface area contributed by atoms with Crippen LogP contribution in [0.1, 0.15) is 61.5 Å². The van der Waals surface area contributed by atoms with Gasteiger partial charge in [0.2, 0.25) is 0 Å². The molecule has 33 heavy (non-hydrogen) atoms. The predicted molar refractivity (Wildman–Crippen MR) is 128 cm³/mol. The number of aliphatic hydroxyl groups is 1. The summed E-state index contributed by atoms with van der Waals surface area (Å²) in [5, 5.41) is 12.9. The van der Waals surface area contributed by atoms with Crippen molar-refractivity contribution < 1.29 is 14.6 Å². The van der Waals surface area contributed by atoms with Gasteiger partial charge in [-0.3, -0.25) is 9.69 Å². The van der Waals surface area contributed by atoms with Crippen molar-refractivity contribution in [1.82, 2.24) is 15.2 Å². The average molecular weight is 451 g/mol. The van der Waals surface area contributed by atoms with Gasteiger partial charge in [-0.15, -0.1) is 0 Å². The minimum atomic E-state index is -0.336. The molecule has 3 heterocycles. The molecule has 5 rings (SSSR count). The quantitative estimate of drug-likeness (QED) is 0.647. The zero-order chi connectivity index (χ0) is 23.2. The van der Waals surface area contributed by atoms with E-state index in [1.807, 2.05) is 13.0 Å².